The Morgan fingerprint density at radius 1 is 0.773 bits per heavy atom. The lowest BCUT2D eigenvalue weighted by molar-refractivity contribution is -0.152. The number of fused-ring (bicyclic) bond motifs is 2. The first-order chi connectivity index (χ1) is 10.6. The summed E-state index contributed by atoms with van der Waals surface area (Å²) in [7, 11) is 0. The minimum atomic E-state index is -0.156. The normalized spacial score (nSPS) is 29.5. The van der Waals surface area contributed by atoms with Crippen LogP contribution in [0.1, 0.15) is 40.5 Å². The van der Waals surface area contributed by atoms with Crippen LogP contribution in [0.25, 0.3) is 0 Å². The highest BCUT2D eigenvalue weighted by atomic mass is 16.2. The highest BCUT2D eigenvalue weighted by Crippen LogP contribution is 2.46. The summed E-state index contributed by atoms with van der Waals surface area (Å²) in [5, 5.41) is 0. The lowest BCUT2D eigenvalue weighted by Gasteiger charge is -2.46. The number of nitrogens with zero attached hydrogens (tertiary/aromatic N) is 2. The number of hydrogen-bond donors (Lipinski definition) is 0. The van der Waals surface area contributed by atoms with Gasteiger partial charge in [0.1, 0.15) is 0 Å². The third-order valence-corrected chi connectivity index (χ3v) is 5.47. The maximum Gasteiger partial charge on any atom is 0.227 e. The Hall–Kier alpha value is -1.32. The van der Waals surface area contributed by atoms with Gasteiger partial charge in [0.25, 0.3) is 0 Å². The largest absolute Gasteiger partial charge is 0.343 e. The van der Waals surface area contributed by atoms with Gasteiger partial charge in [0.2, 0.25) is 11.8 Å². The molecule has 1 saturated carbocycles. The van der Waals surface area contributed by atoms with Gasteiger partial charge in [-0.3, -0.25) is 9.59 Å². The number of carbonyl (C=O) groups is 2. The standard InChI is InChI=1S/C18H30N2O2/c1-5-19(6-2)17(21)15-13-9-11-14(12-10-13)16(15)18(22)20(7-3)8-4/h9,11,13-16H,5-8,10,12H2,1-4H3/t13-,14-,15-,16+/m0/s1. The number of allylic oxidation sites excluding steroid dienone is 2. The number of hydrogen-bond acceptors (Lipinski definition) is 2. The van der Waals surface area contributed by atoms with Crippen molar-refractivity contribution < 1.29 is 9.59 Å². The van der Waals surface area contributed by atoms with E-state index in [-0.39, 0.29) is 35.5 Å². The van der Waals surface area contributed by atoms with Gasteiger partial charge in [0.15, 0.2) is 0 Å². The van der Waals surface area contributed by atoms with Gasteiger partial charge in [-0.25, -0.2) is 0 Å². The molecular formula is C18H30N2O2. The highest BCUT2D eigenvalue weighted by molar-refractivity contribution is 5.89. The van der Waals surface area contributed by atoms with Gasteiger partial charge in [-0.1, -0.05) is 12.2 Å². The molecule has 3 aliphatic carbocycles. The van der Waals surface area contributed by atoms with Gasteiger partial charge < -0.3 is 9.80 Å². The maximum atomic E-state index is 13.0. The molecule has 0 aromatic heterocycles. The summed E-state index contributed by atoms with van der Waals surface area (Å²) in [4.78, 5) is 29.8. The molecule has 0 spiro atoms. The zero-order chi connectivity index (χ0) is 16.3. The summed E-state index contributed by atoms with van der Waals surface area (Å²) in [6.07, 6.45) is 6.46. The summed E-state index contributed by atoms with van der Waals surface area (Å²) >= 11 is 0. The van der Waals surface area contributed by atoms with Crippen LogP contribution in [-0.2, 0) is 9.59 Å². The Labute approximate surface area is 134 Å². The van der Waals surface area contributed by atoms with Crippen LogP contribution in [0.2, 0.25) is 0 Å². The molecule has 1 fully saturated rings. The molecule has 3 rings (SSSR count). The third kappa shape index (κ3) is 2.92. The second-order valence-electron chi connectivity index (χ2n) is 6.36. The molecule has 2 bridgehead atoms. The second-order valence-corrected chi connectivity index (χ2v) is 6.36. The fraction of sp³-hybridized carbons (Fsp3) is 0.778. The van der Waals surface area contributed by atoms with Crippen LogP contribution in [0.3, 0.4) is 0 Å². The van der Waals surface area contributed by atoms with Crippen LogP contribution in [0.4, 0.5) is 0 Å². The van der Waals surface area contributed by atoms with Gasteiger partial charge in [0, 0.05) is 26.2 Å². The van der Waals surface area contributed by atoms with E-state index in [1.807, 2.05) is 37.5 Å². The SMILES string of the molecule is CCN(CC)C(=O)[C@@H]1[C@H](C(=O)N(CC)CC)[C@H]2C=C[C@H]1CC2. The molecule has 4 nitrogen and oxygen atoms in total. The van der Waals surface area contributed by atoms with Crippen molar-refractivity contribution in [2.75, 3.05) is 26.2 Å². The summed E-state index contributed by atoms with van der Waals surface area (Å²) in [5.74, 6) is 0.517. The third-order valence-electron chi connectivity index (χ3n) is 5.47. The zero-order valence-electron chi connectivity index (χ0n) is 14.4. The van der Waals surface area contributed by atoms with E-state index < -0.39 is 0 Å². The van der Waals surface area contributed by atoms with Crippen LogP contribution >= 0.6 is 0 Å². The molecule has 0 aliphatic heterocycles. The zero-order valence-corrected chi connectivity index (χ0v) is 14.4. The molecule has 0 unspecified atom stereocenters. The number of rotatable bonds is 6. The van der Waals surface area contributed by atoms with Crippen molar-refractivity contribution in [3.05, 3.63) is 12.2 Å². The van der Waals surface area contributed by atoms with Crippen molar-refractivity contribution in [3.63, 3.8) is 0 Å². The Morgan fingerprint density at radius 2 is 1.09 bits per heavy atom. The van der Waals surface area contributed by atoms with Crippen LogP contribution in [0, 0.1) is 23.7 Å². The maximum absolute atomic E-state index is 13.0. The van der Waals surface area contributed by atoms with Gasteiger partial charge in [-0.05, 0) is 52.4 Å². The monoisotopic (exact) mass is 306 g/mol. The van der Waals surface area contributed by atoms with Crippen molar-refractivity contribution in [2.45, 2.75) is 40.5 Å². The van der Waals surface area contributed by atoms with E-state index in [1.165, 1.54) is 0 Å². The molecule has 22 heavy (non-hydrogen) atoms. The summed E-state index contributed by atoms with van der Waals surface area (Å²) in [6, 6.07) is 0. The van der Waals surface area contributed by atoms with Gasteiger partial charge in [0.05, 0.1) is 11.8 Å². The molecular weight excluding hydrogens is 276 g/mol. The van der Waals surface area contributed by atoms with Crippen molar-refractivity contribution >= 4 is 11.8 Å². The van der Waals surface area contributed by atoms with Crippen LogP contribution in [0.5, 0.6) is 0 Å². The molecule has 0 N–H and O–H groups in total. The van der Waals surface area contributed by atoms with E-state index in [0.29, 0.717) is 0 Å². The van der Waals surface area contributed by atoms with E-state index >= 15 is 0 Å². The Bertz CT molecular complexity index is 398. The van der Waals surface area contributed by atoms with E-state index in [0.717, 1.165) is 39.0 Å². The Morgan fingerprint density at radius 3 is 1.32 bits per heavy atom. The fourth-order valence-corrected chi connectivity index (χ4v) is 4.16. The first-order valence-corrected chi connectivity index (χ1v) is 8.84. The van der Waals surface area contributed by atoms with Crippen molar-refractivity contribution in [3.8, 4) is 0 Å². The first kappa shape index (κ1) is 17.0. The molecule has 0 saturated heterocycles. The summed E-state index contributed by atoms with van der Waals surface area (Å²) in [5.41, 5.74) is 0. The molecule has 0 aromatic rings. The summed E-state index contributed by atoms with van der Waals surface area (Å²) < 4.78 is 0. The van der Waals surface area contributed by atoms with Gasteiger partial charge >= 0.3 is 0 Å². The fourth-order valence-electron chi connectivity index (χ4n) is 4.16. The predicted molar refractivity (Wildman–Crippen MR) is 88.2 cm³/mol. The Balaban J connectivity index is 2.30. The molecule has 2 amide bonds. The molecule has 0 radical (unpaired) electrons. The minimum absolute atomic E-state index is 0.156. The average molecular weight is 306 g/mol. The van der Waals surface area contributed by atoms with E-state index in [2.05, 4.69) is 12.2 Å². The molecule has 124 valence electrons. The molecule has 4 atom stereocenters. The predicted octanol–water partition coefficient (Wildman–Crippen LogP) is 2.55. The molecule has 0 heterocycles. The quantitative estimate of drug-likeness (QED) is 0.708. The van der Waals surface area contributed by atoms with E-state index in [9.17, 15) is 9.59 Å². The lowest BCUT2D eigenvalue weighted by atomic mass is 9.61. The van der Waals surface area contributed by atoms with Crippen molar-refractivity contribution in [1.29, 1.82) is 0 Å². The smallest absolute Gasteiger partial charge is 0.227 e. The van der Waals surface area contributed by atoms with Gasteiger partial charge in [-0.2, -0.15) is 0 Å². The van der Waals surface area contributed by atoms with Gasteiger partial charge in [-0.15, -0.1) is 0 Å². The second kappa shape index (κ2) is 7.30. The molecule has 4 heteroatoms. The van der Waals surface area contributed by atoms with E-state index in [1.54, 1.807) is 0 Å². The van der Waals surface area contributed by atoms with Crippen LogP contribution in [0.15, 0.2) is 12.2 Å². The highest BCUT2D eigenvalue weighted by Gasteiger charge is 2.49. The topological polar surface area (TPSA) is 40.6 Å². The van der Waals surface area contributed by atoms with E-state index in [4.69, 9.17) is 0 Å². The first-order valence-electron chi connectivity index (χ1n) is 8.84. The van der Waals surface area contributed by atoms with Crippen molar-refractivity contribution in [1.82, 2.24) is 9.80 Å². The number of amides is 2. The lowest BCUT2D eigenvalue weighted by Crippen LogP contribution is -2.53. The summed E-state index contributed by atoms with van der Waals surface area (Å²) in [6.45, 7) is 10.9. The average Bonchev–Trinajstić information content (AvgIpc) is 2.57. The Kier molecular flexibility index (Phi) is 5.65. The molecule has 3 aliphatic rings. The molecule has 0 aromatic carbocycles. The number of carbonyl (C=O) groups excluding carboxylic acids is 2. The minimum Gasteiger partial charge on any atom is -0.343 e. The van der Waals surface area contributed by atoms with Crippen LogP contribution in [-0.4, -0.2) is 47.8 Å². The van der Waals surface area contributed by atoms with Crippen molar-refractivity contribution in [2.24, 2.45) is 23.7 Å². The van der Waals surface area contributed by atoms with Crippen LogP contribution < -0.4 is 0 Å².